The lowest BCUT2D eigenvalue weighted by Gasteiger charge is -2.26. The van der Waals surface area contributed by atoms with Gasteiger partial charge in [-0.05, 0) is 43.7 Å². The molecule has 0 saturated carbocycles. The van der Waals surface area contributed by atoms with Crippen molar-refractivity contribution in [2.75, 3.05) is 43.1 Å². The van der Waals surface area contributed by atoms with Crippen LogP contribution >= 0.6 is 11.6 Å². The molecule has 2 heterocycles. The van der Waals surface area contributed by atoms with Gasteiger partial charge in [0.05, 0.1) is 0 Å². The lowest BCUT2D eigenvalue weighted by Crippen LogP contribution is -2.31. The van der Waals surface area contributed by atoms with E-state index in [1.165, 1.54) is 19.3 Å². The molecule has 21 heavy (non-hydrogen) atoms. The Morgan fingerprint density at radius 1 is 1.14 bits per heavy atom. The van der Waals surface area contributed by atoms with Crippen LogP contribution in [0.2, 0.25) is 5.28 Å². The quantitative estimate of drug-likeness (QED) is 0.745. The summed E-state index contributed by atoms with van der Waals surface area (Å²) < 4.78 is 5.44. The summed E-state index contributed by atoms with van der Waals surface area (Å²) in [6.07, 6.45) is 5.61. The number of nitrogens with one attached hydrogen (secondary N) is 1. The third-order valence-corrected chi connectivity index (χ3v) is 3.50. The third kappa shape index (κ3) is 5.63. The summed E-state index contributed by atoms with van der Waals surface area (Å²) in [6.45, 7) is 6.42. The van der Waals surface area contributed by atoms with Gasteiger partial charge < -0.3 is 15.0 Å². The lowest BCUT2D eigenvalue weighted by molar-refractivity contribution is 0.134. The molecule has 0 aliphatic carbocycles. The second-order valence-corrected chi connectivity index (χ2v) is 5.51. The normalized spacial score (nSPS) is 15.2. The first kappa shape index (κ1) is 16.2. The molecule has 1 saturated heterocycles. The molecule has 0 bridgehead atoms. The van der Waals surface area contributed by atoms with Gasteiger partial charge in [0, 0.05) is 32.8 Å². The zero-order chi connectivity index (χ0) is 14.9. The van der Waals surface area contributed by atoms with Crippen LogP contribution in [-0.2, 0) is 4.74 Å². The SMILES string of the molecule is CCCOCCCNc1nc(Cl)nc(N2CCCCC2)n1. The minimum absolute atomic E-state index is 0.246. The van der Waals surface area contributed by atoms with Crippen LogP contribution in [0, 0.1) is 0 Å². The molecule has 7 heteroatoms. The van der Waals surface area contributed by atoms with Crippen LogP contribution in [0.5, 0.6) is 0 Å². The third-order valence-electron chi connectivity index (χ3n) is 3.33. The second kappa shape index (κ2) is 9.00. The Balaban J connectivity index is 1.83. The van der Waals surface area contributed by atoms with E-state index in [2.05, 4.69) is 32.1 Å². The number of ether oxygens (including phenoxy) is 1. The van der Waals surface area contributed by atoms with Gasteiger partial charge >= 0.3 is 0 Å². The molecular weight excluding hydrogens is 290 g/mol. The summed E-state index contributed by atoms with van der Waals surface area (Å²) in [7, 11) is 0. The van der Waals surface area contributed by atoms with E-state index in [4.69, 9.17) is 16.3 Å². The molecular formula is C14H24ClN5O. The number of nitrogens with zero attached hydrogens (tertiary/aromatic N) is 4. The van der Waals surface area contributed by atoms with E-state index in [1.807, 2.05) is 0 Å². The van der Waals surface area contributed by atoms with Gasteiger partial charge in [0.15, 0.2) is 0 Å². The topological polar surface area (TPSA) is 63.2 Å². The fourth-order valence-corrected chi connectivity index (χ4v) is 2.43. The van der Waals surface area contributed by atoms with Crippen LogP contribution in [0.25, 0.3) is 0 Å². The van der Waals surface area contributed by atoms with Gasteiger partial charge in [0.25, 0.3) is 0 Å². The van der Waals surface area contributed by atoms with Crippen molar-refractivity contribution in [1.82, 2.24) is 15.0 Å². The molecule has 0 amide bonds. The maximum absolute atomic E-state index is 6.00. The highest BCUT2D eigenvalue weighted by Gasteiger charge is 2.15. The highest BCUT2D eigenvalue weighted by atomic mass is 35.5. The Morgan fingerprint density at radius 3 is 2.71 bits per heavy atom. The lowest BCUT2D eigenvalue weighted by atomic mass is 10.1. The van der Waals surface area contributed by atoms with E-state index in [0.29, 0.717) is 11.9 Å². The fraction of sp³-hybridized carbons (Fsp3) is 0.786. The van der Waals surface area contributed by atoms with Crippen molar-refractivity contribution in [1.29, 1.82) is 0 Å². The van der Waals surface area contributed by atoms with Crippen molar-refractivity contribution in [3.63, 3.8) is 0 Å². The van der Waals surface area contributed by atoms with Crippen molar-refractivity contribution in [3.8, 4) is 0 Å². The van der Waals surface area contributed by atoms with Crippen LogP contribution < -0.4 is 10.2 Å². The van der Waals surface area contributed by atoms with E-state index >= 15 is 0 Å². The molecule has 1 aliphatic rings. The number of piperidine rings is 1. The molecule has 6 nitrogen and oxygen atoms in total. The van der Waals surface area contributed by atoms with Crippen LogP contribution in [0.4, 0.5) is 11.9 Å². The molecule has 0 spiro atoms. The Hall–Kier alpha value is -1.14. The molecule has 2 rings (SSSR count). The average Bonchev–Trinajstić information content (AvgIpc) is 2.51. The highest BCUT2D eigenvalue weighted by molar-refractivity contribution is 6.28. The molecule has 0 aromatic carbocycles. The van der Waals surface area contributed by atoms with Crippen molar-refractivity contribution in [3.05, 3.63) is 5.28 Å². The number of rotatable bonds is 8. The van der Waals surface area contributed by atoms with Gasteiger partial charge in [-0.25, -0.2) is 0 Å². The van der Waals surface area contributed by atoms with Crippen LogP contribution in [0.1, 0.15) is 39.0 Å². The zero-order valence-corrected chi connectivity index (χ0v) is 13.4. The van der Waals surface area contributed by atoms with Gasteiger partial charge in [0.1, 0.15) is 0 Å². The minimum Gasteiger partial charge on any atom is -0.381 e. The summed E-state index contributed by atoms with van der Waals surface area (Å²) in [6, 6.07) is 0. The molecule has 0 atom stereocenters. The molecule has 1 aliphatic heterocycles. The Labute approximate surface area is 131 Å². The minimum atomic E-state index is 0.246. The first-order chi connectivity index (χ1) is 10.3. The van der Waals surface area contributed by atoms with Gasteiger partial charge in [-0.1, -0.05) is 6.92 Å². The molecule has 0 radical (unpaired) electrons. The van der Waals surface area contributed by atoms with Crippen LogP contribution in [0.3, 0.4) is 0 Å². The van der Waals surface area contributed by atoms with Crippen LogP contribution in [0.15, 0.2) is 0 Å². The van der Waals surface area contributed by atoms with Gasteiger partial charge in [0.2, 0.25) is 17.2 Å². The van der Waals surface area contributed by atoms with E-state index in [1.54, 1.807) is 0 Å². The summed E-state index contributed by atoms with van der Waals surface area (Å²) in [5.74, 6) is 1.23. The first-order valence-corrected chi connectivity index (χ1v) is 8.15. The summed E-state index contributed by atoms with van der Waals surface area (Å²) in [5.41, 5.74) is 0. The standard InChI is InChI=1S/C14H24ClN5O/c1-2-10-21-11-6-7-16-13-17-12(15)18-14(19-13)20-8-4-3-5-9-20/h2-11H2,1H3,(H,16,17,18,19). The largest absolute Gasteiger partial charge is 0.381 e. The fourth-order valence-electron chi connectivity index (χ4n) is 2.27. The van der Waals surface area contributed by atoms with Gasteiger partial charge in [-0.3, -0.25) is 0 Å². The number of anilines is 2. The molecule has 1 fully saturated rings. The smallest absolute Gasteiger partial charge is 0.231 e. The summed E-state index contributed by atoms with van der Waals surface area (Å²) >= 11 is 6.00. The van der Waals surface area contributed by atoms with E-state index in [9.17, 15) is 0 Å². The average molecular weight is 314 g/mol. The summed E-state index contributed by atoms with van der Waals surface area (Å²) in [5, 5.41) is 3.43. The second-order valence-electron chi connectivity index (χ2n) is 5.17. The van der Waals surface area contributed by atoms with E-state index in [0.717, 1.165) is 45.7 Å². The maximum atomic E-state index is 6.00. The van der Waals surface area contributed by atoms with Crippen molar-refractivity contribution < 1.29 is 4.74 Å². The van der Waals surface area contributed by atoms with Gasteiger partial charge in [-0.2, -0.15) is 15.0 Å². The Bertz CT molecular complexity index is 426. The Morgan fingerprint density at radius 2 is 1.95 bits per heavy atom. The highest BCUT2D eigenvalue weighted by Crippen LogP contribution is 2.18. The molecule has 1 aromatic heterocycles. The predicted molar refractivity (Wildman–Crippen MR) is 85.1 cm³/mol. The number of halogens is 1. The van der Waals surface area contributed by atoms with Gasteiger partial charge in [-0.15, -0.1) is 0 Å². The van der Waals surface area contributed by atoms with E-state index in [-0.39, 0.29) is 5.28 Å². The molecule has 1 aromatic rings. The van der Waals surface area contributed by atoms with Crippen LogP contribution in [-0.4, -0.2) is 47.8 Å². The number of aromatic nitrogens is 3. The van der Waals surface area contributed by atoms with Crippen molar-refractivity contribution in [2.24, 2.45) is 0 Å². The predicted octanol–water partition coefficient (Wildman–Crippen LogP) is 2.74. The number of hydrogen-bond donors (Lipinski definition) is 1. The Kier molecular flexibility index (Phi) is 6.95. The van der Waals surface area contributed by atoms with E-state index < -0.39 is 0 Å². The van der Waals surface area contributed by atoms with Crippen molar-refractivity contribution >= 4 is 23.5 Å². The van der Waals surface area contributed by atoms with Crippen molar-refractivity contribution in [2.45, 2.75) is 39.0 Å². The molecule has 118 valence electrons. The monoisotopic (exact) mass is 313 g/mol. The first-order valence-electron chi connectivity index (χ1n) is 7.77. The molecule has 1 N–H and O–H groups in total. The molecule has 0 unspecified atom stereocenters. The zero-order valence-electron chi connectivity index (χ0n) is 12.6. The number of hydrogen-bond acceptors (Lipinski definition) is 6. The maximum Gasteiger partial charge on any atom is 0.231 e. The summed E-state index contributed by atoms with van der Waals surface area (Å²) in [4.78, 5) is 15.0.